The number of hydrogen-bond acceptors (Lipinski definition) is 2. The molecule has 1 N–H and O–H groups in total. The molecule has 0 saturated carbocycles. The fourth-order valence-electron chi connectivity index (χ4n) is 2.65. The van der Waals surface area contributed by atoms with E-state index in [1.54, 1.807) is 31.2 Å². The number of aryl methyl sites for hydroxylation is 1. The zero-order valence-corrected chi connectivity index (χ0v) is 14.5. The maximum absolute atomic E-state index is 13.0. The van der Waals surface area contributed by atoms with Gasteiger partial charge in [0.25, 0.3) is 5.91 Å². The fourth-order valence-corrected chi connectivity index (χ4v) is 2.85. The molecule has 3 aromatic rings. The summed E-state index contributed by atoms with van der Waals surface area (Å²) in [5.74, 6) is -0.506. The number of rotatable bonds is 4. The molecule has 0 radical (unpaired) electrons. The maximum atomic E-state index is 13.0. The predicted octanol–water partition coefficient (Wildman–Crippen LogP) is 4.50. The van der Waals surface area contributed by atoms with Gasteiger partial charge in [0.05, 0.1) is 11.3 Å². The first-order valence-electron chi connectivity index (χ1n) is 7.91. The van der Waals surface area contributed by atoms with E-state index in [0.717, 1.165) is 12.3 Å². The van der Waals surface area contributed by atoms with Gasteiger partial charge in [-0.3, -0.25) is 9.20 Å². The van der Waals surface area contributed by atoms with Crippen LogP contribution in [0, 0.1) is 0 Å². The van der Waals surface area contributed by atoms with Crippen LogP contribution in [0.3, 0.4) is 0 Å². The van der Waals surface area contributed by atoms with Crippen molar-refractivity contribution < 1.29 is 18.0 Å². The standard InChI is InChI=1S/C18H15ClF3N3O/c1-2-14-16(17(26)23-9-11-5-3-4-6-13(11)19)25-10-12(18(20,21)22)7-8-15(25)24-14/h3-8,10H,2,9H2,1H3,(H,23,26). The van der Waals surface area contributed by atoms with Crippen LogP contribution in [0.4, 0.5) is 13.2 Å². The molecular formula is C18H15ClF3N3O. The molecule has 0 atom stereocenters. The fraction of sp³-hybridized carbons (Fsp3) is 0.222. The van der Waals surface area contributed by atoms with E-state index in [-0.39, 0.29) is 17.9 Å². The first kappa shape index (κ1) is 18.3. The predicted molar refractivity (Wildman–Crippen MR) is 92.2 cm³/mol. The number of nitrogens with zero attached hydrogens (tertiary/aromatic N) is 2. The Morgan fingerprint density at radius 2 is 1.96 bits per heavy atom. The summed E-state index contributed by atoms with van der Waals surface area (Å²) in [5.41, 5.74) is 0.690. The van der Waals surface area contributed by atoms with Gasteiger partial charge in [0, 0.05) is 17.8 Å². The highest BCUT2D eigenvalue weighted by Gasteiger charge is 2.31. The Bertz CT molecular complexity index is 966. The lowest BCUT2D eigenvalue weighted by molar-refractivity contribution is -0.137. The van der Waals surface area contributed by atoms with Crippen LogP contribution in [0.15, 0.2) is 42.6 Å². The smallest absolute Gasteiger partial charge is 0.347 e. The Morgan fingerprint density at radius 1 is 1.23 bits per heavy atom. The van der Waals surface area contributed by atoms with Crippen molar-refractivity contribution in [3.8, 4) is 0 Å². The average Bonchev–Trinajstić information content (AvgIpc) is 2.97. The van der Waals surface area contributed by atoms with Crippen molar-refractivity contribution in [1.82, 2.24) is 14.7 Å². The molecule has 0 aliphatic carbocycles. The van der Waals surface area contributed by atoms with Crippen LogP contribution in [0.1, 0.15) is 34.2 Å². The molecule has 8 heteroatoms. The molecule has 0 aliphatic rings. The number of aromatic nitrogens is 2. The number of carbonyl (C=O) groups is 1. The van der Waals surface area contributed by atoms with Crippen LogP contribution in [0.25, 0.3) is 5.65 Å². The number of alkyl halides is 3. The van der Waals surface area contributed by atoms with Gasteiger partial charge in [-0.1, -0.05) is 36.7 Å². The van der Waals surface area contributed by atoms with Gasteiger partial charge in [0.1, 0.15) is 11.3 Å². The number of nitrogens with one attached hydrogen (secondary N) is 1. The molecule has 1 amide bonds. The van der Waals surface area contributed by atoms with Crippen LogP contribution in [0.2, 0.25) is 5.02 Å². The van der Waals surface area contributed by atoms with E-state index < -0.39 is 17.6 Å². The second-order valence-corrected chi connectivity index (χ2v) is 6.09. The average molecular weight is 382 g/mol. The normalized spacial score (nSPS) is 11.7. The quantitative estimate of drug-likeness (QED) is 0.723. The van der Waals surface area contributed by atoms with Crippen molar-refractivity contribution in [1.29, 1.82) is 0 Å². The number of fused-ring (bicyclic) bond motifs is 1. The topological polar surface area (TPSA) is 46.4 Å². The first-order valence-corrected chi connectivity index (χ1v) is 8.29. The van der Waals surface area contributed by atoms with Crippen molar-refractivity contribution in [2.75, 3.05) is 0 Å². The van der Waals surface area contributed by atoms with E-state index >= 15 is 0 Å². The molecule has 0 saturated heterocycles. The third-order valence-corrected chi connectivity index (χ3v) is 4.33. The molecule has 0 spiro atoms. The van der Waals surface area contributed by atoms with E-state index in [1.807, 2.05) is 0 Å². The van der Waals surface area contributed by atoms with E-state index in [1.165, 1.54) is 10.5 Å². The van der Waals surface area contributed by atoms with Crippen molar-refractivity contribution in [2.45, 2.75) is 26.1 Å². The highest BCUT2D eigenvalue weighted by atomic mass is 35.5. The molecule has 0 fully saturated rings. The molecule has 0 aliphatic heterocycles. The summed E-state index contributed by atoms with van der Waals surface area (Å²) in [6.07, 6.45) is -3.19. The monoisotopic (exact) mass is 381 g/mol. The van der Waals surface area contributed by atoms with Gasteiger partial charge in [-0.05, 0) is 30.2 Å². The Balaban J connectivity index is 1.96. The van der Waals surface area contributed by atoms with E-state index in [2.05, 4.69) is 10.3 Å². The summed E-state index contributed by atoms with van der Waals surface area (Å²) in [7, 11) is 0. The van der Waals surface area contributed by atoms with E-state index in [0.29, 0.717) is 22.7 Å². The minimum atomic E-state index is -4.50. The maximum Gasteiger partial charge on any atom is 0.417 e. The summed E-state index contributed by atoms with van der Waals surface area (Å²) >= 11 is 6.06. The van der Waals surface area contributed by atoms with Crippen LogP contribution < -0.4 is 5.32 Å². The minimum absolute atomic E-state index is 0.0978. The molecule has 2 aromatic heterocycles. The number of hydrogen-bond donors (Lipinski definition) is 1. The molecule has 0 bridgehead atoms. The third-order valence-electron chi connectivity index (χ3n) is 3.97. The summed E-state index contributed by atoms with van der Waals surface area (Å²) in [6.45, 7) is 1.95. The van der Waals surface area contributed by atoms with Crippen molar-refractivity contribution in [3.63, 3.8) is 0 Å². The van der Waals surface area contributed by atoms with Crippen molar-refractivity contribution >= 4 is 23.2 Å². The van der Waals surface area contributed by atoms with E-state index in [4.69, 9.17) is 11.6 Å². The van der Waals surface area contributed by atoms with Gasteiger partial charge in [-0.2, -0.15) is 13.2 Å². The Labute approximate surface area is 152 Å². The van der Waals surface area contributed by atoms with E-state index in [9.17, 15) is 18.0 Å². The number of pyridine rings is 1. The SMILES string of the molecule is CCc1nc2ccc(C(F)(F)F)cn2c1C(=O)NCc1ccccc1Cl. The molecule has 0 unspecified atom stereocenters. The number of imidazole rings is 1. The van der Waals surface area contributed by atoms with Crippen molar-refractivity contribution in [2.24, 2.45) is 0 Å². The van der Waals surface area contributed by atoms with Crippen molar-refractivity contribution in [3.05, 3.63) is 70.1 Å². The lowest BCUT2D eigenvalue weighted by Gasteiger charge is -2.10. The summed E-state index contributed by atoms with van der Waals surface area (Å²) in [6, 6.07) is 9.23. The summed E-state index contributed by atoms with van der Waals surface area (Å²) in [5, 5.41) is 3.20. The molecule has 3 rings (SSSR count). The zero-order chi connectivity index (χ0) is 18.9. The molecule has 1 aromatic carbocycles. The largest absolute Gasteiger partial charge is 0.417 e. The van der Waals surface area contributed by atoms with Gasteiger partial charge in [-0.15, -0.1) is 0 Å². The van der Waals surface area contributed by atoms with Crippen LogP contribution >= 0.6 is 11.6 Å². The van der Waals surface area contributed by atoms with Gasteiger partial charge in [0.15, 0.2) is 0 Å². The number of halogens is 4. The summed E-state index contributed by atoms with van der Waals surface area (Å²) < 4.78 is 40.2. The minimum Gasteiger partial charge on any atom is -0.347 e. The Morgan fingerprint density at radius 3 is 2.62 bits per heavy atom. The highest BCUT2D eigenvalue weighted by Crippen LogP contribution is 2.30. The first-order chi connectivity index (χ1) is 12.3. The third kappa shape index (κ3) is 3.53. The van der Waals surface area contributed by atoms with Crippen LogP contribution in [-0.2, 0) is 19.1 Å². The molecule has 26 heavy (non-hydrogen) atoms. The molecule has 136 valence electrons. The molecule has 2 heterocycles. The second-order valence-electron chi connectivity index (χ2n) is 5.68. The Hall–Kier alpha value is -2.54. The molecular weight excluding hydrogens is 367 g/mol. The van der Waals surface area contributed by atoms with Gasteiger partial charge in [0.2, 0.25) is 0 Å². The highest BCUT2D eigenvalue weighted by molar-refractivity contribution is 6.31. The number of benzene rings is 1. The van der Waals surface area contributed by atoms with Gasteiger partial charge in [-0.25, -0.2) is 4.98 Å². The zero-order valence-electron chi connectivity index (χ0n) is 13.8. The van der Waals surface area contributed by atoms with Crippen LogP contribution in [0.5, 0.6) is 0 Å². The number of amides is 1. The number of carbonyl (C=O) groups excluding carboxylic acids is 1. The second kappa shape index (κ2) is 6.99. The Kier molecular flexibility index (Phi) is 4.91. The lowest BCUT2D eigenvalue weighted by atomic mass is 10.2. The lowest BCUT2D eigenvalue weighted by Crippen LogP contribution is -2.25. The molecule has 4 nitrogen and oxygen atoms in total. The van der Waals surface area contributed by atoms with Crippen LogP contribution in [-0.4, -0.2) is 15.3 Å². The summed E-state index contributed by atoms with van der Waals surface area (Å²) in [4.78, 5) is 16.9. The van der Waals surface area contributed by atoms with Gasteiger partial charge < -0.3 is 5.32 Å². The van der Waals surface area contributed by atoms with Gasteiger partial charge >= 0.3 is 6.18 Å².